The molecule has 4 rings (SSSR count). The summed E-state index contributed by atoms with van der Waals surface area (Å²) < 4.78 is 5.37. The summed E-state index contributed by atoms with van der Waals surface area (Å²) in [6, 6.07) is 12.6. The quantitative estimate of drug-likeness (QED) is 0.414. The fourth-order valence-corrected chi connectivity index (χ4v) is 3.88. The molecule has 0 aromatic heterocycles. The summed E-state index contributed by atoms with van der Waals surface area (Å²) in [5.41, 5.74) is 1.32. The minimum absolute atomic E-state index is 0.0798. The lowest BCUT2D eigenvalue weighted by molar-refractivity contribution is -0.384. The Labute approximate surface area is 179 Å². The van der Waals surface area contributed by atoms with E-state index in [9.17, 15) is 19.7 Å². The number of imide groups is 1. The summed E-state index contributed by atoms with van der Waals surface area (Å²) in [5, 5.41) is 11.0. The lowest BCUT2D eigenvalue weighted by atomic mass is 10.0. The van der Waals surface area contributed by atoms with Gasteiger partial charge in [0.05, 0.1) is 23.3 Å². The molecule has 0 N–H and O–H groups in total. The fourth-order valence-electron chi connectivity index (χ4n) is 3.88. The van der Waals surface area contributed by atoms with Gasteiger partial charge in [-0.25, -0.2) is 4.90 Å². The third-order valence-electron chi connectivity index (χ3n) is 5.57. The number of hydrogen-bond donors (Lipinski definition) is 0. The lowest BCUT2D eigenvalue weighted by Crippen LogP contribution is -2.46. The molecule has 0 radical (unpaired) electrons. The number of carbonyl (C=O) groups is 2. The van der Waals surface area contributed by atoms with Crippen LogP contribution in [0.4, 0.5) is 11.4 Å². The number of amides is 2. The van der Waals surface area contributed by atoms with Crippen LogP contribution in [-0.4, -0.2) is 66.9 Å². The van der Waals surface area contributed by atoms with Gasteiger partial charge < -0.3 is 14.5 Å². The van der Waals surface area contributed by atoms with Crippen molar-refractivity contribution in [3.8, 4) is 5.75 Å². The van der Waals surface area contributed by atoms with Gasteiger partial charge in [-0.3, -0.25) is 19.7 Å². The van der Waals surface area contributed by atoms with Crippen LogP contribution in [0, 0.1) is 10.1 Å². The number of nitro benzene ring substituents is 1. The van der Waals surface area contributed by atoms with E-state index in [-0.39, 0.29) is 11.3 Å². The van der Waals surface area contributed by atoms with Crippen LogP contribution in [0.2, 0.25) is 0 Å². The van der Waals surface area contributed by atoms with E-state index >= 15 is 0 Å². The molecule has 2 aliphatic heterocycles. The first-order valence-corrected chi connectivity index (χ1v) is 9.86. The number of methoxy groups -OCH3 is 1. The van der Waals surface area contributed by atoms with Crippen molar-refractivity contribution < 1.29 is 19.2 Å². The summed E-state index contributed by atoms with van der Waals surface area (Å²) in [6.45, 7) is 2.71. The maximum Gasteiger partial charge on any atom is 0.282 e. The van der Waals surface area contributed by atoms with E-state index in [1.807, 2.05) is 11.9 Å². The Hall–Kier alpha value is -3.72. The molecule has 0 spiro atoms. The highest BCUT2D eigenvalue weighted by atomic mass is 16.6. The number of benzene rings is 2. The van der Waals surface area contributed by atoms with Crippen LogP contribution in [0.1, 0.15) is 5.56 Å². The van der Waals surface area contributed by atoms with Crippen molar-refractivity contribution in [2.45, 2.75) is 0 Å². The SMILES string of the molecule is COc1ccccc1N1C(=O)C(c2ccc([N+](=O)[O-])cc2)=C(N2CCN(C)CC2)C1=O. The van der Waals surface area contributed by atoms with Gasteiger partial charge in [-0.2, -0.15) is 0 Å². The van der Waals surface area contributed by atoms with Crippen molar-refractivity contribution in [2.24, 2.45) is 0 Å². The molecule has 160 valence electrons. The number of nitro groups is 1. The van der Waals surface area contributed by atoms with Gasteiger partial charge in [0.1, 0.15) is 11.4 Å². The number of piperazine rings is 1. The predicted molar refractivity (Wildman–Crippen MR) is 115 cm³/mol. The zero-order valence-corrected chi connectivity index (χ0v) is 17.3. The van der Waals surface area contributed by atoms with Gasteiger partial charge in [-0.15, -0.1) is 0 Å². The molecule has 0 atom stereocenters. The van der Waals surface area contributed by atoms with Gasteiger partial charge in [0.2, 0.25) is 0 Å². The molecule has 9 heteroatoms. The first-order chi connectivity index (χ1) is 14.9. The molecule has 2 aromatic rings. The van der Waals surface area contributed by atoms with E-state index in [0.29, 0.717) is 35.8 Å². The van der Waals surface area contributed by atoms with E-state index in [0.717, 1.165) is 18.0 Å². The monoisotopic (exact) mass is 422 g/mol. The molecular formula is C22H22N4O5. The smallest absolute Gasteiger partial charge is 0.282 e. The summed E-state index contributed by atoms with van der Waals surface area (Å²) in [6.07, 6.45) is 0. The first kappa shape index (κ1) is 20.5. The fraction of sp³-hybridized carbons (Fsp3) is 0.273. The molecular weight excluding hydrogens is 400 g/mol. The van der Waals surface area contributed by atoms with E-state index in [2.05, 4.69) is 4.90 Å². The average Bonchev–Trinajstić information content (AvgIpc) is 3.04. The summed E-state index contributed by atoms with van der Waals surface area (Å²) in [5.74, 6) is -0.489. The molecule has 0 unspecified atom stereocenters. The molecule has 0 aliphatic carbocycles. The minimum Gasteiger partial charge on any atom is -0.495 e. The zero-order chi connectivity index (χ0) is 22.1. The number of likely N-dealkylation sites (N-methyl/N-ethyl adjacent to an activating group) is 1. The minimum atomic E-state index is -0.498. The number of hydrogen-bond acceptors (Lipinski definition) is 7. The summed E-state index contributed by atoms with van der Waals surface area (Å²) >= 11 is 0. The Kier molecular flexibility index (Phi) is 5.43. The third kappa shape index (κ3) is 3.64. The average molecular weight is 422 g/mol. The largest absolute Gasteiger partial charge is 0.495 e. The number of anilines is 1. The number of non-ortho nitro benzene ring substituents is 1. The lowest BCUT2D eigenvalue weighted by Gasteiger charge is -2.34. The second kappa shape index (κ2) is 8.19. The summed E-state index contributed by atoms with van der Waals surface area (Å²) in [4.78, 5) is 42.8. The van der Waals surface area contributed by atoms with Gasteiger partial charge in [0.25, 0.3) is 17.5 Å². The molecule has 1 saturated heterocycles. The van der Waals surface area contributed by atoms with Crippen LogP contribution in [0.5, 0.6) is 5.75 Å². The maximum atomic E-state index is 13.6. The second-order valence-electron chi connectivity index (χ2n) is 7.44. The molecule has 2 aromatic carbocycles. The van der Waals surface area contributed by atoms with Crippen molar-refractivity contribution in [2.75, 3.05) is 45.2 Å². The molecule has 1 fully saturated rings. The van der Waals surface area contributed by atoms with Crippen LogP contribution in [0.25, 0.3) is 5.57 Å². The van der Waals surface area contributed by atoms with Crippen molar-refractivity contribution in [1.82, 2.24) is 9.80 Å². The van der Waals surface area contributed by atoms with Crippen LogP contribution >= 0.6 is 0 Å². The van der Waals surface area contributed by atoms with E-state index in [1.165, 1.54) is 31.4 Å². The topological polar surface area (TPSA) is 96.2 Å². The highest BCUT2D eigenvalue weighted by Gasteiger charge is 2.43. The molecule has 31 heavy (non-hydrogen) atoms. The Morgan fingerprint density at radius 3 is 2.19 bits per heavy atom. The number of para-hydroxylation sites is 2. The molecule has 2 aliphatic rings. The van der Waals surface area contributed by atoms with Crippen LogP contribution in [0.15, 0.2) is 54.2 Å². The van der Waals surface area contributed by atoms with E-state index in [1.54, 1.807) is 24.3 Å². The highest BCUT2D eigenvalue weighted by molar-refractivity contribution is 6.45. The molecule has 9 nitrogen and oxygen atoms in total. The number of carbonyl (C=O) groups excluding carboxylic acids is 2. The predicted octanol–water partition coefficient (Wildman–Crippen LogP) is 2.14. The van der Waals surface area contributed by atoms with Crippen LogP contribution in [-0.2, 0) is 9.59 Å². The Morgan fingerprint density at radius 1 is 0.935 bits per heavy atom. The molecule has 2 amide bonds. The van der Waals surface area contributed by atoms with Crippen molar-refractivity contribution in [1.29, 1.82) is 0 Å². The summed E-state index contributed by atoms with van der Waals surface area (Å²) in [7, 11) is 3.49. The van der Waals surface area contributed by atoms with Crippen LogP contribution in [0.3, 0.4) is 0 Å². The van der Waals surface area contributed by atoms with Crippen LogP contribution < -0.4 is 9.64 Å². The van der Waals surface area contributed by atoms with E-state index in [4.69, 9.17) is 4.74 Å². The maximum absolute atomic E-state index is 13.6. The first-order valence-electron chi connectivity index (χ1n) is 9.86. The van der Waals surface area contributed by atoms with Gasteiger partial charge >= 0.3 is 0 Å². The van der Waals surface area contributed by atoms with Gasteiger partial charge in [0.15, 0.2) is 0 Å². The standard InChI is InChI=1S/C22H22N4O5/c1-23-11-13-24(14-12-23)20-19(15-7-9-16(10-8-15)26(29)30)21(27)25(22(20)28)17-5-3-4-6-18(17)31-2/h3-10H,11-14H2,1-2H3. The highest BCUT2D eigenvalue weighted by Crippen LogP contribution is 2.39. The molecule has 2 heterocycles. The Balaban J connectivity index is 1.82. The van der Waals surface area contributed by atoms with Crippen molar-refractivity contribution >= 4 is 28.8 Å². The van der Waals surface area contributed by atoms with Gasteiger partial charge in [0, 0.05) is 38.3 Å². The number of nitrogens with zero attached hydrogens (tertiary/aromatic N) is 4. The zero-order valence-electron chi connectivity index (χ0n) is 17.3. The normalized spacial score (nSPS) is 17.5. The Morgan fingerprint density at radius 2 is 1.58 bits per heavy atom. The molecule has 0 saturated carbocycles. The van der Waals surface area contributed by atoms with Gasteiger partial charge in [-0.05, 0) is 36.9 Å². The van der Waals surface area contributed by atoms with Crippen molar-refractivity contribution in [3.05, 3.63) is 69.9 Å². The number of rotatable bonds is 5. The van der Waals surface area contributed by atoms with Crippen molar-refractivity contribution in [3.63, 3.8) is 0 Å². The third-order valence-corrected chi connectivity index (χ3v) is 5.57. The Bertz CT molecular complexity index is 1070. The van der Waals surface area contributed by atoms with E-state index < -0.39 is 16.7 Å². The molecule has 0 bridgehead atoms. The second-order valence-corrected chi connectivity index (χ2v) is 7.44. The van der Waals surface area contributed by atoms with Gasteiger partial charge in [-0.1, -0.05) is 12.1 Å². The number of ether oxygens (including phenoxy) is 1.